The minimum Gasteiger partial charge on any atom is -0.478 e. The topological polar surface area (TPSA) is 134 Å². The van der Waals surface area contributed by atoms with Crippen molar-refractivity contribution in [2.75, 3.05) is 39.6 Å². The zero-order valence-corrected chi connectivity index (χ0v) is 13.9. The number of aliphatic hydroxyl groups excluding tert-OH is 2. The van der Waals surface area contributed by atoms with Gasteiger partial charge < -0.3 is 29.9 Å². The van der Waals surface area contributed by atoms with Crippen LogP contribution in [0.5, 0.6) is 0 Å². The number of carbonyl (C=O) groups is 2. The van der Waals surface area contributed by atoms with E-state index in [-0.39, 0.29) is 37.2 Å². The van der Waals surface area contributed by atoms with Gasteiger partial charge in [0.1, 0.15) is 0 Å². The summed E-state index contributed by atoms with van der Waals surface area (Å²) in [5.41, 5.74) is -0.216. The van der Waals surface area contributed by atoms with E-state index in [0.29, 0.717) is 52.1 Å². The summed E-state index contributed by atoms with van der Waals surface area (Å²) < 4.78 is 10.4. The van der Waals surface area contributed by atoms with Crippen molar-refractivity contribution in [2.24, 2.45) is 0 Å². The van der Waals surface area contributed by atoms with E-state index in [2.05, 4.69) is 0 Å². The fourth-order valence-corrected chi connectivity index (χ4v) is 2.01. The van der Waals surface area contributed by atoms with Crippen LogP contribution in [0.4, 0.5) is 0 Å². The van der Waals surface area contributed by atoms with E-state index in [1.54, 1.807) is 0 Å². The number of aliphatic carboxylic acids is 2. The van der Waals surface area contributed by atoms with E-state index in [1.807, 2.05) is 0 Å². The molecule has 0 bridgehead atoms. The summed E-state index contributed by atoms with van der Waals surface area (Å²) in [7, 11) is 0. The number of rotatable bonds is 16. The fraction of sp³-hybridized carbons (Fsp3) is 0.750. The van der Waals surface area contributed by atoms with Gasteiger partial charge in [-0.15, -0.1) is 0 Å². The summed E-state index contributed by atoms with van der Waals surface area (Å²) in [6.07, 6.45) is 2.05. The SMILES string of the molecule is O=C(O)C(CCCOCCCO)=C(CCCOCCCO)C(=O)O. The fourth-order valence-electron chi connectivity index (χ4n) is 2.01. The Bertz CT molecular complexity index is 356. The van der Waals surface area contributed by atoms with Gasteiger partial charge in [0.05, 0.1) is 0 Å². The van der Waals surface area contributed by atoms with E-state index < -0.39 is 11.9 Å². The molecule has 0 radical (unpaired) electrons. The van der Waals surface area contributed by atoms with E-state index in [1.165, 1.54) is 0 Å². The molecule has 0 aliphatic carbocycles. The molecule has 0 aromatic carbocycles. The lowest BCUT2D eigenvalue weighted by atomic mass is 9.99. The molecule has 140 valence electrons. The van der Waals surface area contributed by atoms with Crippen molar-refractivity contribution in [3.8, 4) is 0 Å². The van der Waals surface area contributed by atoms with Crippen molar-refractivity contribution in [1.82, 2.24) is 0 Å². The van der Waals surface area contributed by atoms with Crippen molar-refractivity contribution < 1.29 is 39.5 Å². The van der Waals surface area contributed by atoms with E-state index in [0.717, 1.165) is 0 Å². The zero-order valence-electron chi connectivity index (χ0n) is 13.9. The monoisotopic (exact) mass is 348 g/mol. The molecule has 0 rings (SSSR count). The Kier molecular flexibility index (Phi) is 14.1. The second-order valence-electron chi connectivity index (χ2n) is 5.15. The first kappa shape index (κ1) is 22.5. The smallest absolute Gasteiger partial charge is 0.332 e. The van der Waals surface area contributed by atoms with Crippen LogP contribution in [0.1, 0.15) is 38.5 Å². The molecule has 0 saturated heterocycles. The average molecular weight is 348 g/mol. The van der Waals surface area contributed by atoms with Crippen LogP contribution < -0.4 is 0 Å². The first-order valence-electron chi connectivity index (χ1n) is 8.10. The standard InChI is InChI=1S/C16H28O8/c17-7-3-11-23-9-1-5-13(15(19)20)14(16(21)22)6-2-10-24-12-4-8-18/h17-18H,1-12H2,(H,19,20)(H,21,22). The van der Waals surface area contributed by atoms with Gasteiger partial charge in [-0.3, -0.25) is 0 Å². The normalized spacial score (nSPS) is 12.1. The molecule has 4 N–H and O–H groups in total. The molecule has 0 aliphatic heterocycles. The van der Waals surface area contributed by atoms with Gasteiger partial charge in [0, 0.05) is 50.8 Å². The van der Waals surface area contributed by atoms with Gasteiger partial charge in [-0.1, -0.05) is 0 Å². The van der Waals surface area contributed by atoms with Gasteiger partial charge in [-0.25, -0.2) is 9.59 Å². The number of aliphatic hydroxyl groups is 2. The van der Waals surface area contributed by atoms with Crippen molar-refractivity contribution in [2.45, 2.75) is 38.5 Å². The number of carboxylic acids is 2. The lowest BCUT2D eigenvalue weighted by Crippen LogP contribution is -2.13. The Hall–Kier alpha value is -1.48. The second kappa shape index (κ2) is 15.1. The Morgan fingerprint density at radius 3 is 1.25 bits per heavy atom. The Labute approximate surface area is 141 Å². The third kappa shape index (κ3) is 11.1. The predicted octanol–water partition coefficient (Wildman–Crippen LogP) is 0.811. The number of hydrogen-bond acceptors (Lipinski definition) is 6. The molecule has 0 aromatic heterocycles. The highest BCUT2D eigenvalue weighted by molar-refractivity contribution is 5.98. The summed E-state index contributed by atoms with van der Waals surface area (Å²) in [5, 5.41) is 35.7. The third-order valence-corrected chi connectivity index (χ3v) is 3.21. The van der Waals surface area contributed by atoms with Crippen molar-refractivity contribution in [1.29, 1.82) is 0 Å². The van der Waals surface area contributed by atoms with Gasteiger partial charge >= 0.3 is 11.9 Å². The van der Waals surface area contributed by atoms with Crippen LogP contribution in [-0.4, -0.2) is 72.0 Å². The molecule has 0 amide bonds. The van der Waals surface area contributed by atoms with Crippen LogP contribution in [0.15, 0.2) is 11.1 Å². The molecule has 0 saturated carbocycles. The van der Waals surface area contributed by atoms with Gasteiger partial charge in [0.25, 0.3) is 0 Å². The Morgan fingerprint density at radius 2 is 0.958 bits per heavy atom. The predicted molar refractivity (Wildman–Crippen MR) is 85.8 cm³/mol. The van der Waals surface area contributed by atoms with Gasteiger partial charge in [-0.05, 0) is 38.5 Å². The van der Waals surface area contributed by atoms with Gasteiger partial charge in [0.2, 0.25) is 0 Å². The maximum atomic E-state index is 11.3. The summed E-state index contributed by atoms with van der Waals surface area (Å²) in [4.78, 5) is 22.7. The highest BCUT2D eigenvalue weighted by Crippen LogP contribution is 2.17. The summed E-state index contributed by atoms with van der Waals surface area (Å²) in [5.74, 6) is -2.46. The van der Waals surface area contributed by atoms with Crippen LogP contribution in [0.25, 0.3) is 0 Å². The Balaban J connectivity index is 4.44. The first-order chi connectivity index (χ1) is 11.5. The molecular weight excluding hydrogens is 320 g/mol. The molecule has 0 unspecified atom stereocenters. The number of ether oxygens (including phenoxy) is 2. The molecule has 0 aliphatic rings. The molecule has 0 spiro atoms. The maximum Gasteiger partial charge on any atom is 0.332 e. The summed E-state index contributed by atoms with van der Waals surface area (Å²) in [6, 6.07) is 0. The van der Waals surface area contributed by atoms with Crippen LogP contribution in [0.2, 0.25) is 0 Å². The highest BCUT2D eigenvalue weighted by Gasteiger charge is 2.19. The van der Waals surface area contributed by atoms with Crippen molar-refractivity contribution >= 4 is 11.9 Å². The van der Waals surface area contributed by atoms with Gasteiger partial charge in [0.15, 0.2) is 0 Å². The van der Waals surface area contributed by atoms with E-state index in [9.17, 15) is 19.8 Å². The zero-order chi connectivity index (χ0) is 18.2. The van der Waals surface area contributed by atoms with E-state index >= 15 is 0 Å². The average Bonchev–Trinajstić information content (AvgIpc) is 2.54. The minimum atomic E-state index is -1.23. The molecule has 8 heteroatoms. The number of carboxylic acid groups (broad SMARTS) is 2. The minimum absolute atomic E-state index is 0.0316. The molecular formula is C16H28O8. The summed E-state index contributed by atoms with van der Waals surface area (Å²) in [6.45, 7) is 1.47. The molecule has 0 heterocycles. The lowest BCUT2D eigenvalue weighted by Gasteiger charge is -2.10. The highest BCUT2D eigenvalue weighted by atomic mass is 16.5. The first-order valence-corrected chi connectivity index (χ1v) is 8.10. The number of hydrogen-bond donors (Lipinski definition) is 4. The van der Waals surface area contributed by atoms with Crippen molar-refractivity contribution in [3.05, 3.63) is 11.1 Å². The molecule has 0 aromatic rings. The molecule has 8 nitrogen and oxygen atoms in total. The van der Waals surface area contributed by atoms with Crippen LogP contribution in [0.3, 0.4) is 0 Å². The van der Waals surface area contributed by atoms with Gasteiger partial charge in [-0.2, -0.15) is 0 Å². The lowest BCUT2D eigenvalue weighted by molar-refractivity contribution is -0.136. The molecule has 0 atom stereocenters. The van der Waals surface area contributed by atoms with Crippen molar-refractivity contribution in [3.63, 3.8) is 0 Å². The van der Waals surface area contributed by atoms with Crippen LogP contribution >= 0.6 is 0 Å². The Morgan fingerprint density at radius 1 is 0.625 bits per heavy atom. The third-order valence-electron chi connectivity index (χ3n) is 3.21. The summed E-state index contributed by atoms with van der Waals surface area (Å²) >= 11 is 0. The quantitative estimate of drug-likeness (QED) is 0.238. The van der Waals surface area contributed by atoms with Crippen LogP contribution in [-0.2, 0) is 19.1 Å². The second-order valence-corrected chi connectivity index (χ2v) is 5.15. The largest absolute Gasteiger partial charge is 0.478 e. The maximum absolute atomic E-state index is 11.3. The molecule has 24 heavy (non-hydrogen) atoms. The van der Waals surface area contributed by atoms with Crippen LogP contribution in [0, 0.1) is 0 Å². The van der Waals surface area contributed by atoms with E-state index in [4.69, 9.17) is 19.7 Å². The molecule has 0 fully saturated rings.